The van der Waals surface area contributed by atoms with Gasteiger partial charge in [-0.1, -0.05) is 12.8 Å². The minimum Gasteiger partial charge on any atom is -0.340 e. The first-order valence-electron chi connectivity index (χ1n) is 7.63. The first-order valence-corrected chi connectivity index (χ1v) is 8.45. The van der Waals surface area contributed by atoms with E-state index in [0.717, 1.165) is 26.1 Å². The number of rotatable bonds is 3. The van der Waals surface area contributed by atoms with E-state index in [4.69, 9.17) is 0 Å². The molecule has 0 unspecified atom stereocenters. The molecule has 118 valence electrons. The second-order valence-corrected chi connectivity index (χ2v) is 7.78. The van der Waals surface area contributed by atoms with Gasteiger partial charge in [-0.25, -0.2) is 0 Å². The summed E-state index contributed by atoms with van der Waals surface area (Å²) in [6.07, 6.45) is 4.77. The third-order valence-electron chi connectivity index (χ3n) is 5.00. The van der Waals surface area contributed by atoms with Crippen LogP contribution in [0.5, 0.6) is 0 Å². The van der Waals surface area contributed by atoms with Crippen molar-refractivity contribution in [3.8, 4) is 0 Å². The lowest BCUT2D eigenvalue weighted by Crippen LogP contribution is -2.48. The SMILES string of the molecule is Cc1ccc(CN(C)C(=O)[C@@]23CCCC[C@H]2CNC3)s1.Cl. The molecule has 1 amide bonds. The van der Waals surface area contributed by atoms with E-state index in [1.54, 1.807) is 11.3 Å². The highest BCUT2D eigenvalue weighted by molar-refractivity contribution is 7.11. The molecule has 2 aliphatic rings. The minimum absolute atomic E-state index is 0. The maximum absolute atomic E-state index is 13.0. The summed E-state index contributed by atoms with van der Waals surface area (Å²) in [5, 5.41) is 3.46. The fraction of sp³-hybridized carbons (Fsp3) is 0.688. The number of halogens is 1. The molecule has 1 saturated heterocycles. The predicted molar refractivity (Wildman–Crippen MR) is 90.0 cm³/mol. The summed E-state index contributed by atoms with van der Waals surface area (Å²) in [5.74, 6) is 0.912. The quantitative estimate of drug-likeness (QED) is 0.924. The van der Waals surface area contributed by atoms with E-state index >= 15 is 0 Å². The van der Waals surface area contributed by atoms with Crippen molar-refractivity contribution in [3.05, 3.63) is 21.9 Å². The van der Waals surface area contributed by atoms with Gasteiger partial charge in [0.15, 0.2) is 0 Å². The van der Waals surface area contributed by atoms with Gasteiger partial charge in [0.2, 0.25) is 5.91 Å². The first-order chi connectivity index (χ1) is 9.62. The maximum Gasteiger partial charge on any atom is 0.230 e. The molecule has 3 rings (SSSR count). The number of carbonyl (C=O) groups excluding carboxylic acids is 1. The Morgan fingerprint density at radius 1 is 1.48 bits per heavy atom. The summed E-state index contributed by atoms with van der Waals surface area (Å²) in [4.78, 5) is 17.6. The van der Waals surface area contributed by atoms with Crippen molar-refractivity contribution in [1.29, 1.82) is 0 Å². The van der Waals surface area contributed by atoms with E-state index in [0.29, 0.717) is 11.8 Å². The maximum atomic E-state index is 13.0. The van der Waals surface area contributed by atoms with Gasteiger partial charge < -0.3 is 10.2 Å². The zero-order chi connectivity index (χ0) is 14.2. The Labute approximate surface area is 137 Å². The molecule has 0 radical (unpaired) electrons. The van der Waals surface area contributed by atoms with Crippen molar-refractivity contribution in [2.24, 2.45) is 11.3 Å². The lowest BCUT2D eigenvalue weighted by Gasteiger charge is -2.39. The van der Waals surface area contributed by atoms with Crippen LogP contribution in [0, 0.1) is 18.3 Å². The van der Waals surface area contributed by atoms with Crippen LogP contribution in [0.4, 0.5) is 0 Å². The van der Waals surface area contributed by atoms with Crippen molar-refractivity contribution in [3.63, 3.8) is 0 Å². The van der Waals surface area contributed by atoms with Gasteiger partial charge in [0, 0.05) is 23.3 Å². The number of fused-ring (bicyclic) bond motifs is 1. The molecule has 0 spiro atoms. The second kappa shape index (κ2) is 6.67. The molecule has 0 bridgehead atoms. The van der Waals surface area contributed by atoms with E-state index in [2.05, 4.69) is 24.4 Å². The number of nitrogens with one attached hydrogen (secondary N) is 1. The normalized spacial score (nSPS) is 27.8. The number of carbonyl (C=O) groups is 1. The molecule has 3 nitrogen and oxygen atoms in total. The average molecular weight is 329 g/mol. The molecule has 1 aromatic heterocycles. The Morgan fingerprint density at radius 2 is 2.29 bits per heavy atom. The summed E-state index contributed by atoms with van der Waals surface area (Å²) < 4.78 is 0. The Bertz CT molecular complexity index is 504. The molecule has 1 saturated carbocycles. The zero-order valence-electron chi connectivity index (χ0n) is 12.9. The molecule has 5 heteroatoms. The fourth-order valence-corrected chi connectivity index (χ4v) is 4.87. The molecule has 2 atom stereocenters. The van der Waals surface area contributed by atoms with E-state index in [1.807, 2.05) is 11.9 Å². The monoisotopic (exact) mass is 328 g/mol. The van der Waals surface area contributed by atoms with Crippen LogP contribution in [0.2, 0.25) is 0 Å². The second-order valence-electron chi connectivity index (χ2n) is 6.40. The van der Waals surface area contributed by atoms with Crippen LogP contribution in [-0.2, 0) is 11.3 Å². The summed E-state index contributed by atoms with van der Waals surface area (Å²) in [6.45, 7) is 4.78. The van der Waals surface area contributed by atoms with Crippen LogP contribution in [0.3, 0.4) is 0 Å². The van der Waals surface area contributed by atoms with Crippen LogP contribution in [0.15, 0.2) is 12.1 Å². The molecule has 1 aromatic rings. The number of aryl methyl sites for hydroxylation is 1. The van der Waals surface area contributed by atoms with Gasteiger partial charge in [-0.3, -0.25) is 4.79 Å². The Morgan fingerprint density at radius 3 is 3.00 bits per heavy atom. The molecule has 2 fully saturated rings. The van der Waals surface area contributed by atoms with Crippen LogP contribution in [-0.4, -0.2) is 30.9 Å². The Kier molecular flexibility index (Phi) is 5.33. The summed E-state index contributed by atoms with van der Waals surface area (Å²) >= 11 is 1.79. The summed E-state index contributed by atoms with van der Waals surface area (Å²) in [7, 11) is 1.97. The van der Waals surface area contributed by atoms with Gasteiger partial charge in [0.1, 0.15) is 0 Å². The number of thiophene rings is 1. The average Bonchev–Trinajstić information content (AvgIpc) is 3.04. The van der Waals surface area contributed by atoms with Gasteiger partial charge >= 0.3 is 0 Å². The molecule has 21 heavy (non-hydrogen) atoms. The van der Waals surface area contributed by atoms with E-state index in [9.17, 15) is 4.79 Å². The molecule has 1 N–H and O–H groups in total. The summed E-state index contributed by atoms with van der Waals surface area (Å²) in [5.41, 5.74) is -0.112. The van der Waals surface area contributed by atoms with Gasteiger partial charge in [0.05, 0.1) is 12.0 Å². The molecule has 0 aromatic carbocycles. The molecule has 1 aliphatic heterocycles. The lowest BCUT2D eigenvalue weighted by atomic mass is 9.67. The largest absolute Gasteiger partial charge is 0.340 e. The third-order valence-corrected chi connectivity index (χ3v) is 5.99. The Hall–Kier alpha value is -0.580. The number of hydrogen-bond donors (Lipinski definition) is 1. The minimum atomic E-state index is -0.112. The van der Waals surface area contributed by atoms with Crippen molar-refractivity contribution in [2.45, 2.75) is 39.2 Å². The first kappa shape index (κ1) is 16.8. The van der Waals surface area contributed by atoms with Crippen LogP contribution in [0.25, 0.3) is 0 Å². The standard InChI is InChI=1S/C16H24N2OS.ClH/c1-12-6-7-14(20-12)10-18(2)15(19)16-8-4-3-5-13(16)9-17-11-16;/h6-7,13,17H,3-5,8-11H2,1-2H3;1H/t13-,16+;/m0./s1. The van der Waals surface area contributed by atoms with Gasteiger partial charge in [0.25, 0.3) is 0 Å². The van der Waals surface area contributed by atoms with Crippen molar-refractivity contribution >= 4 is 29.7 Å². The summed E-state index contributed by atoms with van der Waals surface area (Å²) in [6, 6.07) is 4.28. The third kappa shape index (κ3) is 3.13. The lowest BCUT2D eigenvalue weighted by molar-refractivity contribution is -0.144. The Balaban J connectivity index is 0.00000161. The zero-order valence-corrected chi connectivity index (χ0v) is 14.5. The molecular formula is C16H25ClN2OS. The smallest absolute Gasteiger partial charge is 0.230 e. The van der Waals surface area contributed by atoms with Crippen LogP contribution >= 0.6 is 23.7 Å². The highest BCUT2D eigenvalue weighted by Gasteiger charge is 2.50. The predicted octanol–water partition coefficient (Wildman–Crippen LogP) is 3.22. The van der Waals surface area contributed by atoms with E-state index in [-0.39, 0.29) is 17.8 Å². The van der Waals surface area contributed by atoms with Gasteiger partial charge in [-0.15, -0.1) is 23.7 Å². The van der Waals surface area contributed by atoms with E-state index < -0.39 is 0 Å². The van der Waals surface area contributed by atoms with Crippen molar-refractivity contribution < 1.29 is 4.79 Å². The van der Waals surface area contributed by atoms with Gasteiger partial charge in [-0.05, 0) is 44.4 Å². The van der Waals surface area contributed by atoms with Crippen LogP contribution in [0.1, 0.15) is 35.4 Å². The van der Waals surface area contributed by atoms with Gasteiger partial charge in [-0.2, -0.15) is 0 Å². The highest BCUT2D eigenvalue weighted by Crippen LogP contribution is 2.45. The number of nitrogens with zero attached hydrogens (tertiary/aromatic N) is 1. The van der Waals surface area contributed by atoms with E-state index in [1.165, 1.54) is 29.0 Å². The molecule has 2 heterocycles. The molecular weight excluding hydrogens is 304 g/mol. The topological polar surface area (TPSA) is 32.3 Å². The highest BCUT2D eigenvalue weighted by atomic mass is 35.5. The number of hydrogen-bond acceptors (Lipinski definition) is 3. The number of amides is 1. The molecule has 1 aliphatic carbocycles. The van der Waals surface area contributed by atoms with Crippen molar-refractivity contribution in [1.82, 2.24) is 10.2 Å². The van der Waals surface area contributed by atoms with Crippen LogP contribution < -0.4 is 5.32 Å². The van der Waals surface area contributed by atoms with Crippen molar-refractivity contribution in [2.75, 3.05) is 20.1 Å². The fourth-order valence-electron chi connectivity index (χ4n) is 3.92.